The van der Waals surface area contributed by atoms with Gasteiger partial charge in [0.2, 0.25) is 11.8 Å². The Kier molecular flexibility index (Phi) is 8.19. The molecule has 5 nitrogen and oxygen atoms in total. The van der Waals surface area contributed by atoms with Gasteiger partial charge in [-0.1, -0.05) is 67.1 Å². The van der Waals surface area contributed by atoms with Crippen LogP contribution in [0.2, 0.25) is 5.02 Å². The van der Waals surface area contributed by atoms with Gasteiger partial charge in [-0.05, 0) is 41.8 Å². The third-order valence-electron chi connectivity index (χ3n) is 4.90. The Morgan fingerprint density at radius 2 is 1.71 bits per heavy atom. The van der Waals surface area contributed by atoms with Gasteiger partial charge in [0, 0.05) is 24.2 Å². The maximum atomic E-state index is 13.4. The summed E-state index contributed by atoms with van der Waals surface area (Å²) in [5.74, 6) is -0.311. The number of hydrogen-bond acceptors (Lipinski definition) is 3. The van der Waals surface area contributed by atoms with Crippen molar-refractivity contribution in [3.63, 3.8) is 0 Å². The number of benzene rings is 2. The van der Waals surface area contributed by atoms with E-state index >= 15 is 0 Å². The van der Waals surface area contributed by atoms with Crippen molar-refractivity contribution in [2.75, 3.05) is 0 Å². The molecule has 0 spiro atoms. The molecule has 0 bridgehead atoms. The molecule has 3 rings (SSSR count). The Morgan fingerprint density at radius 1 is 1.00 bits per heavy atom. The first kappa shape index (κ1) is 22.5. The third kappa shape index (κ3) is 6.40. The molecule has 6 heteroatoms. The molecular weight excluding hydrogens is 410 g/mol. The van der Waals surface area contributed by atoms with Gasteiger partial charge in [-0.3, -0.25) is 14.6 Å². The zero-order valence-corrected chi connectivity index (χ0v) is 18.3. The minimum absolute atomic E-state index is 0.0701. The molecule has 0 unspecified atom stereocenters. The van der Waals surface area contributed by atoms with Gasteiger partial charge in [-0.25, -0.2) is 0 Å². The molecule has 1 heterocycles. The highest BCUT2D eigenvalue weighted by Crippen LogP contribution is 2.25. The van der Waals surface area contributed by atoms with Crippen LogP contribution < -0.4 is 5.32 Å². The summed E-state index contributed by atoms with van der Waals surface area (Å²) in [5, 5.41) is 3.58. The van der Waals surface area contributed by atoms with Crippen molar-refractivity contribution in [2.45, 2.75) is 38.9 Å². The maximum absolute atomic E-state index is 13.4. The number of pyridine rings is 1. The zero-order chi connectivity index (χ0) is 22.1. The maximum Gasteiger partial charge on any atom is 0.247 e. The highest BCUT2D eigenvalue weighted by molar-refractivity contribution is 6.30. The Hall–Kier alpha value is -3.18. The van der Waals surface area contributed by atoms with Crippen LogP contribution in [0.15, 0.2) is 79.0 Å². The molecule has 0 fully saturated rings. The number of halogens is 1. The lowest BCUT2D eigenvalue weighted by Crippen LogP contribution is -2.43. The van der Waals surface area contributed by atoms with Crippen LogP contribution in [0.1, 0.15) is 42.6 Å². The van der Waals surface area contributed by atoms with Gasteiger partial charge in [0.15, 0.2) is 0 Å². The van der Waals surface area contributed by atoms with E-state index in [0.29, 0.717) is 31.0 Å². The molecule has 1 aromatic heterocycles. The average molecular weight is 436 g/mol. The fourth-order valence-electron chi connectivity index (χ4n) is 3.35. The summed E-state index contributed by atoms with van der Waals surface area (Å²) in [6.07, 6.45) is 2.76. The number of carbonyl (C=O) groups is 2. The molecule has 1 N–H and O–H groups in total. The molecule has 0 saturated carbocycles. The van der Waals surface area contributed by atoms with Gasteiger partial charge in [-0.15, -0.1) is 0 Å². The second-order valence-corrected chi connectivity index (χ2v) is 7.69. The van der Waals surface area contributed by atoms with Crippen molar-refractivity contribution < 1.29 is 9.59 Å². The van der Waals surface area contributed by atoms with Crippen LogP contribution in [0.4, 0.5) is 0 Å². The Balaban J connectivity index is 1.91. The number of nitrogens with one attached hydrogen (secondary N) is 1. The number of aromatic nitrogens is 1. The van der Waals surface area contributed by atoms with Gasteiger partial charge >= 0.3 is 0 Å². The molecule has 2 aromatic carbocycles. The highest BCUT2D eigenvalue weighted by atomic mass is 35.5. The van der Waals surface area contributed by atoms with E-state index in [-0.39, 0.29) is 11.8 Å². The summed E-state index contributed by atoms with van der Waals surface area (Å²) >= 11 is 6.02. The molecule has 0 radical (unpaired) electrons. The molecular formula is C25H26ClN3O2. The number of rotatable bonds is 9. The lowest BCUT2D eigenvalue weighted by Gasteiger charge is -2.31. The van der Waals surface area contributed by atoms with Crippen LogP contribution in [-0.4, -0.2) is 21.7 Å². The standard InChI is InChI=1S/C25H26ClN3O2/c1-2-8-23(30)29(18-19-12-14-21(26)15-13-19)24(20-9-4-3-5-10-20)25(31)28-17-22-11-6-7-16-27-22/h3-7,9-16,24H,2,8,17-18H2,1H3,(H,28,31)/t24-/m0/s1. The van der Waals surface area contributed by atoms with Gasteiger partial charge in [0.1, 0.15) is 6.04 Å². The van der Waals surface area contributed by atoms with Gasteiger partial charge < -0.3 is 10.2 Å². The van der Waals surface area contributed by atoms with Crippen LogP contribution in [0.5, 0.6) is 0 Å². The molecule has 160 valence electrons. The van der Waals surface area contributed by atoms with Gasteiger partial charge in [0.05, 0.1) is 12.2 Å². The fraction of sp³-hybridized carbons (Fsp3) is 0.240. The summed E-state index contributed by atoms with van der Waals surface area (Å²) in [6.45, 7) is 2.56. The van der Waals surface area contributed by atoms with E-state index in [1.165, 1.54) is 0 Å². The van der Waals surface area contributed by atoms with Crippen LogP contribution in [0.3, 0.4) is 0 Å². The normalized spacial score (nSPS) is 11.5. The van der Waals surface area contributed by atoms with Gasteiger partial charge in [-0.2, -0.15) is 0 Å². The lowest BCUT2D eigenvalue weighted by atomic mass is 10.0. The van der Waals surface area contributed by atoms with E-state index in [4.69, 9.17) is 11.6 Å². The summed E-state index contributed by atoms with van der Waals surface area (Å²) in [6, 6.07) is 21.5. The zero-order valence-electron chi connectivity index (χ0n) is 17.5. The van der Waals surface area contributed by atoms with E-state index < -0.39 is 6.04 Å². The quantitative estimate of drug-likeness (QED) is 0.518. The van der Waals surface area contributed by atoms with Crippen molar-refractivity contribution in [1.82, 2.24) is 15.2 Å². The van der Waals surface area contributed by atoms with Crippen molar-refractivity contribution >= 4 is 23.4 Å². The number of carbonyl (C=O) groups excluding carboxylic acids is 2. The van der Waals surface area contributed by atoms with E-state index in [1.807, 2.05) is 67.6 Å². The van der Waals surface area contributed by atoms with E-state index in [9.17, 15) is 9.59 Å². The average Bonchev–Trinajstić information content (AvgIpc) is 2.80. The molecule has 2 amide bonds. The summed E-state index contributed by atoms with van der Waals surface area (Å²) < 4.78 is 0. The topological polar surface area (TPSA) is 62.3 Å². The smallest absolute Gasteiger partial charge is 0.247 e. The molecule has 0 aliphatic rings. The first-order valence-corrected chi connectivity index (χ1v) is 10.7. The van der Waals surface area contributed by atoms with E-state index in [1.54, 1.807) is 23.2 Å². The van der Waals surface area contributed by atoms with Crippen molar-refractivity contribution in [3.05, 3.63) is 101 Å². The van der Waals surface area contributed by atoms with E-state index in [0.717, 1.165) is 16.8 Å². The number of hydrogen-bond donors (Lipinski definition) is 1. The van der Waals surface area contributed by atoms with Crippen LogP contribution in [-0.2, 0) is 22.7 Å². The molecule has 3 aromatic rings. The van der Waals surface area contributed by atoms with Crippen LogP contribution >= 0.6 is 11.6 Å². The molecule has 31 heavy (non-hydrogen) atoms. The first-order valence-electron chi connectivity index (χ1n) is 10.3. The predicted molar refractivity (Wildman–Crippen MR) is 122 cm³/mol. The molecule has 1 atom stereocenters. The van der Waals surface area contributed by atoms with Crippen LogP contribution in [0.25, 0.3) is 0 Å². The molecule has 0 saturated heterocycles. The SMILES string of the molecule is CCCC(=O)N(Cc1ccc(Cl)cc1)[C@H](C(=O)NCc1ccccn1)c1ccccc1. The minimum atomic E-state index is -0.750. The second-order valence-electron chi connectivity index (χ2n) is 7.25. The monoisotopic (exact) mass is 435 g/mol. The van der Waals surface area contributed by atoms with Crippen molar-refractivity contribution in [1.29, 1.82) is 0 Å². The third-order valence-corrected chi connectivity index (χ3v) is 5.15. The number of nitrogens with zero attached hydrogens (tertiary/aromatic N) is 2. The predicted octanol–water partition coefficient (Wildman–Crippen LogP) is 4.92. The Bertz CT molecular complexity index is 979. The van der Waals surface area contributed by atoms with Crippen molar-refractivity contribution in [3.8, 4) is 0 Å². The molecule has 0 aliphatic heterocycles. The Morgan fingerprint density at radius 3 is 2.35 bits per heavy atom. The summed E-state index contributed by atoms with van der Waals surface area (Å²) in [5.41, 5.74) is 2.43. The van der Waals surface area contributed by atoms with Crippen molar-refractivity contribution in [2.24, 2.45) is 0 Å². The van der Waals surface area contributed by atoms with E-state index in [2.05, 4.69) is 10.3 Å². The summed E-state index contributed by atoms with van der Waals surface area (Å²) in [7, 11) is 0. The molecule has 0 aliphatic carbocycles. The summed E-state index contributed by atoms with van der Waals surface area (Å²) in [4.78, 5) is 32.4. The fourth-order valence-corrected chi connectivity index (χ4v) is 3.48. The second kappa shape index (κ2) is 11.3. The number of amides is 2. The van der Waals surface area contributed by atoms with Crippen LogP contribution in [0, 0.1) is 0 Å². The lowest BCUT2D eigenvalue weighted by molar-refractivity contribution is -0.141. The Labute approximate surface area is 188 Å². The first-order chi connectivity index (χ1) is 15.1. The van der Waals surface area contributed by atoms with Gasteiger partial charge in [0.25, 0.3) is 0 Å². The highest BCUT2D eigenvalue weighted by Gasteiger charge is 2.31. The minimum Gasteiger partial charge on any atom is -0.348 e. The largest absolute Gasteiger partial charge is 0.348 e.